The number of benzene rings is 2. The number of nitrogens with zero attached hydrogens (tertiary/aromatic N) is 3. The molecule has 0 saturated heterocycles. The number of alkyl carbamates (subject to hydrolysis) is 1. The molecule has 0 saturated carbocycles. The smallest absolute Gasteiger partial charge is 0.407 e. The van der Waals surface area contributed by atoms with Crippen LogP contribution in [0.5, 0.6) is 0 Å². The molecule has 2 N–H and O–H groups in total. The van der Waals surface area contributed by atoms with Crippen molar-refractivity contribution >= 4 is 52.4 Å². The molecule has 2 amide bonds. The Kier molecular flexibility index (Phi) is 6.47. The van der Waals surface area contributed by atoms with Crippen molar-refractivity contribution in [2.24, 2.45) is 7.05 Å². The van der Waals surface area contributed by atoms with E-state index >= 15 is 0 Å². The van der Waals surface area contributed by atoms with Crippen LogP contribution in [0.1, 0.15) is 42.3 Å². The second-order valence-corrected chi connectivity index (χ2v) is 9.83. The first kappa shape index (κ1) is 23.9. The van der Waals surface area contributed by atoms with E-state index in [2.05, 4.69) is 15.7 Å². The van der Waals surface area contributed by atoms with E-state index in [0.717, 1.165) is 11.4 Å². The van der Waals surface area contributed by atoms with Crippen molar-refractivity contribution in [1.82, 2.24) is 15.1 Å². The zero-order valence-corrected chi connectivity index (χ0v) is 20.8. The number of rotatable bonds is 3. The Morgan fingerprint density at radius 2 is 1.94 bits per heavy atom. The highest BCUT2D eigenvalue weighted by Crippen LogP contribution is 2.38. The van der Waals surface area contributed by atoms with Gasteiger partial charge in [0.2, 0.25) is 0 Å². The largest absolute Gasteiger partial charge is 0.444 e. The lowest BCUT2D eigenvalue weighted by Gasteiger charge is -2.23. The summed E-state index contributed by atoms with van der Waals surface area (Å²) in [5.74, 6) is 0.566. The molecular weight excluding hydrogens is 477 g/mol. The summed E-state index contributed by atoms with van der Waals surface area (Å²) in [6.07, 6.45) is 1.19. The standard InChI is InChI=1S/C24H25Cl2N5O3/c1-24(2,3)34-23(33)27-11-15-6-5-14(9-18(15)26)22(32)31-13-16-12-28-30(4)21(16)29-19-10-17(25)7-8-20(19)31/h5-10,12,29H,11,13H2,1-4H3,(H,27,33). The number of aryl methyl sites for hydroxylation is 1. The molecule has 0 unspecified atom stereocenters. The van der Waals surface area contributed by atoms with Crippen LogP contribution >= 0.6 is 23.2 Å². The fourth-order valence-electron chi connectivity index (χ4n) is 3.63. The SMILES string of the molecule is Cn1ncc2c1Nc1cc(Cl)ccc1N(C(=O)c1ccc(CNC(=O)OC(C)(C)C)c(Cl)c1)C2. The Hall–Kier alpha value is -3.23. The average Bonchev–Trinajstić information content (AvgIpc) is 3.00. The van der Waals surface area contributed by atoms with Crippen LogP contribution in [0, 0.1) is 0 Å². The number of ether oxygens (including phenoxy) is 1. The van der Waals surface area contributed by atoms with E-state index in [-0.39, 0.29) is 12.5 Å². The molecule has 2 heterocycles. The van der Waals surface area contributed by atoms with Crippen LogP contribution < -0.4 is 15.5 Å². The molecule has 3 aromatic rings. The maximum absolute atomic E-state index is 13.6. The van der Waals surface area contributed by atoms with Crippen LogP contribution in [-0.2, 0) is 24.9 Å². The molecule has 0 spiro atoms. The van der Waals surface area contributed by atoms with Gasteiger partial charge in [0.1, 0.15) is 11.4 Å². The van der Waals surface area contributed by atoms with E-state index in [1.54, 1.807) is 66.9 Å². The molecule has 178 valence electrons. The normalized spacial score (nSPS) is 12.8. The van der Waals surface area contributed by atoms with Gasteiger partial charge in [-0.2, -0.15) is 5.10 Å². The summed E-state index contributed by atoms with van der Waals surface area (Å²) in [4.78, 5) is 27.2. The number of amides is 2. The summed E-state index contributed by atoms with van der Waals surface area (Å²) < 4.78 is 6.97. The molecule has 1 aliphatic heterocycles. The molecule has 0 radical (unpaired) electrons. The van der Waals surface area contributed by atoms with Crippen molar-refractivity contribution in [3.8, 4) is 0 Å². The summed E-state index contributed by atoms with van der Waals surface area (Å²) in [5, 5.41) is 11.2. The van der Waals surface area contributed by atoms with E-state index in [9.17, 15) is 9.59 Å². The fourth-order valence-corrected chi connectivity index (χ4v) is 4.05. The minimum Gasteiger partial charge on any atom is -0.444 e. The highest BCUT2D eigenvalue weighted by Gasteiger charge is 2.27. The lowest BCUT2D eigenvalue weighted by Crippen LogP contribution is -2.32. The number of halogens is 2. The van der Waals surface area contributed by atoms with Gasteiger partial charge in [-0.3, -0.25) is 9.48 Å². The molecule has 0 fully saturated rings. The van der Waals surface area contributed by atoms with Gasteiger partial charge in [0.25, 0.3) is 5.91 Å². The van der Waals surface area contributed by atoms with Gasteiger partial charge in [0.15, 0.2) is 0 Å². The molecule has 10 heteroatoms. The van der Waals surface area contributed by atoms with Gasteiger partial charge in [0.05, 0.1) is 24.1 Å². The van der Waals surface area contributed by atoms with Gasteiger partial charge >= 0.3 is 6.09 Å². The van der Waals surface area contributed by atoms with E-state index in [1.165, 1.54) is 0 Å². The Balaban J connectivity index is 1.59. The predicted molar refractivity (Wildman–Crippen MR) is 133 cm³/mol. The summed E-state index contributed by atoms with van der Waals surface area (Å²) in [5.41, 5.74) is 2.75. The number of anilines is 3. The molecule has 8 nitrogen and oxygen atoms in total. The zero-order valence-electron chi connectivity index (χ0n) is 19.3. The second kappa shape index (κ2) is 9.19. The third kappa shape index (κ3) is 5.13. The van der Waals surface area contributed by atoms with E-state index < -0.39 is 11.7 Å². The first-order chi connectivity index (χ1) is 16.0. The Bertz CT molecular complexity index is 1270. The lowest BCUT2D eigenvalue weighted by molar-refractivity contribution is 0.0523. The zero-order chi connectivity index (χ0) is 24.6. The Labute approximate surface area is 207 Å². The van der Waals surface area contributed by atoms with Crippen molar-refractivity contribution in [2.45, 2.75) is 39.5 Å². The van der Waals surface area contributed by atoms with E-state index in [1.807, 2.05) is 13.1 Å². The van der Waals surface area contributed by atoms with Gasteiger partial charge in [-0.1, -0.05) is 29.3 Å². The van der Waals surface area contributed by atoms with Crippen molar-refractivity contribution in [1.29, 1.82) is 0 Å². The first-order valence-electron chi connectivity index (χ1n) is 10.7. The number of hydrogen-bond acceptors (Lipinski definition) is 5. The molecule has 0 bridgehead atoms. The predicted octanol–water partition coefficient (Wildman–Crippen LogP) is 5.66. The summed E-state index contributed by atoms with van der Waals surface area (Å²) >= 11 is 12.7. The van der Waals surface area contributed by atoms with Crippen molar-refractivity contribution in [3.05, 3.63) is 69.3 Å². The molecular formula is C24H25Cl2N5O3. The van der Waals surface area contributed by atoms with Crippen LogP contribution in [0.2, 0.25) is 10.0 Å². The fraction of sp³-hybridized carbons (Fsp3) is 0.292. The van der Waals surface area contributed by atoms with Gasteiger partial charge in [0, 0.05) is 34.8 Å². The highest BCUT2D eigenvalue weighted by atomic mass is 35.5. The van der Waals surface area contributed by atoms with Crippen molar-refractivity contribution in [3.63, 3.8) is 0 Å². The minimum absolute atomic E-state index is 0.177. The van der Waals surface area contributed by atoms with Crippen LogP contribution in [0.4, 0.5) is 22.0 Å². The maximum atomic E-state index is 13.6. The van der Waals surface area contributed by atoms with Crippen LogP contribution in [-0.4, -0.2) is 27.4 Å². The monoisotopic (exact) mass is 501 g/mol. The number of fused-ring (bicyclic) bond motifs is 2. The number of nitrogens with one attached hydrogen (secondary N) is 2. The summed E-state index contributed by atoms with van der Waals surface area (Å²) in [6.45, 7) is 5.87. The van der Waals surface area contributed by atoms with E-state index in [0.29, 0.717) is 39.1 Å². The number of aromatic nitrogens is 2. The van der Waals surface area contributed by atoms with Gasteiger partial charge in [-0.25, -0.2) is 4.79 Å². The molecule has 1 aromatic heterocycles. The average molecular weight is 502 g/mol. The number of carbonyl (C=O) groups is 2. The maximum Gasteiger partial charge on any atom is 0.407 e. The third-order valence-electron chi connectivity index (χ3n) is 5.21. The van der Waals surface area contributed by atoms with Gasteiger partial charge in [-0.15, -0.1) is 0 Å². The Morgan fingerprint density at radius 1 is 1.18 bits per heavy atom. The van der Waals surface area contributed by atoms with Gasteiger partial charge < -0.3 is 20.3 Å². The summed E-state index contributed by atoms with van der Waals surface area (Å²) in [7, 11) is 1.83. The molecule has 34 heavy (non-hydrogen) atoms. The molecule has 2 aromatic carbocycles. The first-order valence-corrected chi connectivity index (χ1v) is 11.4. The molecule has 1 aliphatic rings. The van der Waals surface area contributed by atoms with E-state index in [4.69, 9.17) is 27.9 Å². The summed E-state index contributed by atoms with van der Waals surface area (Å²) in [6, 6.07) is 10.4. The van der Waals surface area contributed by atoms with Crippen LogP contribution in [0.25, 0.3) is 0 Å². The topological polar surface area (TPSA) is 88.5 Å². The molecule has 0 atom stereocenters. The van der Waals surface area contributed by atoms with Crippen LogP contribution in [0.15, 0.2) is 42.6 Å². The third-order valence-corrected chi connectivity index (χ3v) is 5.80. The highest BCUT2D eigenvalue weighted by molar-refractivity contribution is 6.32. The molecule has 0 aliphatic carbocycles. The number of hydrogen-bond donors (Lipinski definition) is 2. The molecule has 4 rings (SSSR count). The quantitative estimate of drug-likeness (QED) is 0.483. The van der Waals surface area contributed by atoms with Crippen molar-refractivity contribution in [2.75, 3.05) is 10.2 Å². The van der Waals surface area contributed by atoms with Gasteiger partial charge in [-0.05, 0) is 56.7 Å². The number of carbonyl (C=O) groups excluding carboxylic acids is 2. The lowest BCUT2D eigenvalue weighted by atomic mass is 10.1. The second-order valence-electron chi connectivity index (χ2n) is 8.98. The van der Waals surface area contributed by atoms with Crippen LogP contribution in [0.3, 0.4) is 0 Å². The van der Waals surface area contributed by atoms with Crippen molar-refractivity contribution < 1.29 is 14.3 Å². The Morgan fingerprint density at radius 3 is 2.65 bits per heavy atom. The minimum atomic E-state index is -0.596.